The molecule has 1 fully saturated rings. The minimum Gasteiger partial charge on any atom is -0.358 e. The summed E-state index contributed by atoms with van der Waals surface area (Å²) in [6, 6.07) is 6.82. The van der Waals surface area contributed by atoms with E-state index in [1.807, 2.05) is 0 Å². The number of hydrogen-bond donors (Lipinski definition) is 1. The summed E-state index contributed by atoms with van der Waals surface area (Å²) in [6.45, 7) is 4.74. The highest BCUT2D eigenvalue weighted by Crippen LogP contribution is 2.38. The quantitative estimate of drug-likeness (QED) is 0.788. The molecule has 102 valence electrons. The van der Waals surface area contributed by atoms with Crippen LogP contribution in [0.15, 0.2) is 22.7 Å². The van der Waals surface area contributed by atoms with Crippen molar-refractivity contribution in [2.45, 2.75) is 45.6 Å². The van der Waals surface area contributed by atoms with Crippen molar-refractivity contribution in [3.8, 4) is 0 Å². The Morgan fingerprint density at radius 3 is 3.00 bits per heavy atom. The maximum absolute atomic E-state index is 4.70. The molecule has 1 aliphatic carbocycles. The lowest BCUT2D eigenvalue weighted by Crippen LogP contribution is -2.38. The first kappa shape index (κ1) is 13.4. The van der Waals surface area contributed by atoms with E-state index in [2.05, 4.69) is 53.3 Å². The van der Waals surface area contributed by atoms with E-state index in [0.717, 1.165) is 15.1 Å². The van der Waals surface area contributed by atoms with Crippen LogP contribution in [0.5, 0.6) is 0 Å². The molecular formula is C15H19BrN2S. The molecule has 1 aliphatic rings. The van der Waals surface area contributed by atoms with Crippen LogP contribution in [0.3, 0.4) is 0 Å². The Hall–Kier alpha value is -0.610. The maximum Gasteiger partial charge on any atom is 0.184 e. The Kier molecular flexibility index (Phi) is 3.56. The first-order valence-corrected chi connectivity index (χ1v) is 8.48. The topological polar surface area (TPSA) is 24.9 Å². The summed E-state index contributed by atoms with van der Waals surface area (Å²) < 4.78 is 2.36. The third kappa shape index (κ3) is 2.79. The van der Waals surface area contributed by atoms with Crippen LogP contribution in [0.25, 0.3) is 10.2 Å². The minimum absolute atomic E-state index is 0.372. The fourth-order valence-corrected chi connectivity index (χ4v) is 4.34. The second kappa shape index (κ2) is 5.06. The average molecular weight is 339 g/mol. The molecule has 0 radical (unpaired) electrons. The van der Waals surface area contributed by atoms with E-state index in [1.165, 1.54) is 30.4 Å². The molecule has 19 heavy (non-hydrogen) atoms. The van der Waals surface area contributed by atoms with Crippen LogP contribution in [0.4, 0.5) is 5.13 Å². The zero-order valence-electron chi connectivity index (χ0n) is 11.4. The van der Waals surface area contributed by atoms with Crippen molar-refractivity contribution in [2.75, 3.05) is 5.32 Å². The fraction of sp³-hybridized carbons (Fsp3) is 0.533. The van der Waals surface area contributed by atoms with Gasteiger partial charge < -0.3 is 5.32 Å². The zero-order valence-corrected chi connectivity index (χ0v) is 13.8. The minimum atomic E-state index is 0.372. The van der Waals surface area contributed by atoms with Crippen molar-refractivity contribution < 1.29 is 0 Å². The molecule has 3 rings (SSSR count). The van der Waals surface area contributed by atoms with Crippen LogP contribution in [0.2, 0.25) is 0 Å². The molecule has 2 nitrogen and oxygen atoms in total. The molecule has 0 bridgehead atoms. The average Bonchev–Trinajstić information content (AvgIpc) is 2.73. The van der Waals surface area contributed by atoms with Crippen molar-refractivity contribution in [1.29, 1.82) is 0 Å². The Morgan fingerprint density at radius 1 is 1.37 bits per heavy atom. The van der Waals surface area contributed by atoms with Crippen LogP contribution in [0.1, 0.15) is 39.5 Å². The Balaban J connectivity index is 1.84. The van der Waals surface area contributed by atoms with E-state index in [9.17, 15) is 0 Å². The van der Waals surface area contributed by atoms with Gasteiger partial charge in [0.2, 0.25) is 0 Å². The molecular weight excluding hydrogens is 320 g/mol. The van der Waals surface area contributed by atoms with Crippen molar-refractivity contribution in [1.82, 2.24) is 4.98 Å². The van der Waals surface area contributed by atoms with Crippen LogP contribution >= 0.6 is 27.3 Å². The van der Waals surface area contributed by atoms with Crippen LogP contribution in [-0.4, -0.2) is 11.0 Å². The molecule has 1 saturated carbocycles. The fourth-order valence-electron chi connectivity index (χ4n) is 2.87. The van der Waals surface area contributed by atoms with Gasteiger partial charge in [0.1, 0.15) is 0 Å². The number of halogens is 1. The molecule has 2 aromatic rings. The van der Waals surface area contributed by atoms with Gasteiger partial charge >= 0.3 is 0 Å². The number of nitrogens with one attached hydrogen (secondary N) is 1. The zero-order chi connectivity index (χ0) is 13.5. The lowest BCUT2D eigenvalue weighted by Gasteiger charge is -2.38. The van der Waals surface area contributed by atoms with Gasteiger partial charge in [0, 0.05) is 10.5 Å². The Labute approximate surface area is 126 Å². The molecule has 1 atom stereocenters. The predicted octanol–water partition coefficient (Wildman–Crippen LogP) is 5.44. The summed E-state index contributed by atoms with van der Waals surface area (Å²) in [5, 5.41) is 4.74. The van der Waals surface area contributed by atoms with Gasteiger partial charge in [-0.15, -0.1) is 0 Å². The second-order valence-electron chi connectivity index (χ2n) is 6.06. The Morgan fingerprint density at radius 2 is 2.21 bits per heavy atom. The van der Waals surface area contributed by atoms with Gasteiger partial charge in [-0.1, -0.05) is 54.0 Å². The third-order valence-electron chi connectivity index (χ3n) is 4.16. The van der Waals surface area contributed by atoms with Crippen LogP contribution < -0.4 is 5.32 Å². The SMILES string of the molecule is CC1(C)CCCCC1Nc1nc2ccc(Br)cc2s1. The lowest BCUT2D eigenvalue weighted by molar-refractivity contribution is 0.217. The van der Waals surface area contributed by atoms with Crippen molar-refractivity contribution >= 4 is 42.6 Å². The number of thiazole rings is 1. The molecule has 1 aromatic carbocycles. The van der Waals surface area contributed by atoms with Gasteiger partial charge in [0.25, 0.3) is 0 Å². The van der Waals surface area contributed by atoms with E-state index < -0.39 is 0 Å². The molecule has 1 aromatic heterocycles. The van der Waals surface area contributed by atoms with Crippen molar-refractivity contribution in [2.24, 2.45) is 5.41 Å². The number of aromatic nitrogens is 1. The predicted molar refractivity (Wildman–Crippen MR) is 87.0 cm³/mol. The number of hydrogen-bond acceptors (Lipinski definition) is 3. The summed E-state index contributed by atoms with van der Waals surface area (Å²) in [5.74, 6) is 0. The molecule has 0 amide bonds. The number of nitrogens with zero attached hydrogens (tertiary/aromatic N) is 1. The maximum atomic E-state index is 4.70. The summed E-state index contributed by atoms with van der Waals surface area (Å²) in [5.41, 5.74) is 1.46. The largest absolute Gasteiger partial charge is 0.358 e. The highest BCUT2D eigenvalue weighted by atomic mass is 79.9. The van der Waals surface area contributed by atoms with E-state index in [4.69, 9.17) is 4.98 Å². The number of anilines is 1. The van der Waals surface area contributed by atoms with E-state index in [-0.39, 0.29) is 0 Å². The van der Waals surface area contributed by atoms with E-state index >= 15 is 0 Å². The summed E-state index contributed by atoms with van der Waals surface area (Å²) in [7, 11) is 0. The van der Waals surface area contributed by atoms with E-state index in [1.54, 1.807) is 11.3 Å². The second-order valence-corrected chi connectivity index (χ2v) is 8.01. The summed E-state index contributed by atoms with van der Waals surface area (Å²) >= 11 is 5.27. The van der Waals surface area contributed by atoms with Gasteiger partial charge in [-0.2, -0.15) is 0 Å². The molecule has 4 heteroatoms. The first-order valence-electron chi connectivity index (χ1n) is 6.87. The van der Waals surface area contributed by atoms with E-state index in [0.29, 0.717) is 11.5 Å². The molecule has 0 spiro atoms. The summed E-state index contributed by atoms with van der Waals surface area (Å²) in [6.07, 6.45) is 5.25. The Bertz CT molecular complexity index is 591. The highest BCUT2D eigenvalue weighted by molar-refractivity contribution is 9.10. The number of rotatable bonds is 2. The molecule has 1 N–H and O–H groups in total. The van der Waals surface area contributed by atoms with Crippen LogP contribution in [-0.2, 0) is 0 Å². The molecule has 1 unspecified atom stereocenters. The first-order chi connectivity index (χ1) is 9.04. The standard InChI is InChI=1S/C15H19BrN2S/c1-15(2)8-4-3-5-13(15)18-14-17-11-7-6-10(16)9-12(11)19-14/h6-7,9,13H,3-5,8H2,1-2H3,(H,17,18). The highest BCUT2D eigenvalue weighted by Gasteiger charge is 2.32. The van der Waals surface area contributed by atoms with Gasteiger partial charge in [0.05, 0.1) is 10.2 Å². The normalized spacial score (nSPS) is 22.6. The van der Waals surface area contributed by atoms with Crippen molar-refractivity contribution in [3.05, 3.63) is 22.7 Å². The van der Waals surface area contributed by atoms with Crippen molar-refractivity contribution in [3.63, 3.8) is 0 Å². The van der Waals surface area contributed by atoms with Crippen LogP contribution in [0, 0.1) is 5.41 Å². The van der Waals surface area contributed by atoms with Gasteiger partial charge in [-0.3, -0.25) is 0 Å². The number of fused-ring (bicyclic) bond motifs is 1. The molecule has 0 saturated heterocycles. The third-order valence-corrected chi connectivity index (χ3v) is 5.60. The lowest BCUT2D eigenvalue weighted by atomic mass is 9.73. The molecule has 1 heterocycles. The van der Waals surface area contributed by atoms with Gasteiger partial charge in [0.15, 0.2) is 5.13 Å². The summed E-state index contributed by atoms with van der Waals surface area (Å²) in [4.78, 5) is 4.70. The van der Waals surface area contributed by atoms with Gasteiger partial charge in [-0.25, -0.2) is 4.98 Å². The number of benzene rings is 1. The monoisotopic (exact) mass is 338 g/mol. The molecule has 0 aliphatic heterocycles. The van der Waals surface area contributed by atoms with Gasteiger partial charge in [-0.05, 0) is 36.5 Å². The smallest absolute Gasteiger partial charge is 0.184 e.